The molecule has 1 unspecified atom stereocenters. The van der Waals surface area contributed by atoms with Crippen LogP contribution in [-0.2, 0) is 12.8 Å². The van der Waals surface area contributed by atoms with Crippen molar-refractivity contribution < 1.29 is 9.90 Å². The van der Waals surface area contributed by atoms with E-state index in [4.69, 9.17) is 0 Å². The van der Waals surface area contributed by atoms with Crippen molar-refractivity contribution in [3.8, 4) is 5.75 Å². The average molecular weight is 345 g/mol. The lowest BCUT2D eigenvalue weighted by Gasteiger charge is -2.25. The van der Waals surface area contributed by atoms with E-state index in [1.165, 1.54) is 0 Å². The Morgan fingerprint density at radius 1 is 0.923 bits per heavy atom. The van der Waals surface area contributed by atoms with Crippen LogP contribution in [0.2, 0.25) is 0 Å². The minimum atomic E-state index is -0.327. The Labute approximate surface area is 151 Å². The number of hydrogen-bond donors (Lipinski definition) is 2. The molecule has 2 N–H and O–H groups in total. The van der Waals surface area contributed by atoms with Crippen molar-refractivity contribution >= 4 is 5.78 Å². The zero-order chi connectivity index (χ0) is 18.1. The van der Waals surface area contributed by atoms with Crippen LogP contribution in [0.1, 0.15) is 45.1 Å². The quantitative estimate of drug-likeness (QED) is 0.762. The summed E-state index contributed by atoms with van der Waals surface area (Å²) >= 11 is 0. The molecule has 1 heterocycles. The zero-order valence-corrected chi connectivity index (χ0v) is 14.2. The fourth-order valence-corrected chi connectivity index (χ4v) is 3.70. The number of H-pyrrole nitrogens is 1. The number of benzene rings is 2. The van der Waals surface area contributed by atoms with Gasteiger partial charge in [0, 0.05) is 18.5 Å². The molecule has 4 heteroatoms. The van der Waals surface area contributed by atoms with E-state index in [0.717, 1.165) is 11.1 Å². The predicted octanol–water partition coefficient (Wildman–Crippen LogP) is 3.58. The summed E-state index contributed by atoms with van der Waals surface area (Å²) < 4.78 is 0. The Morgan fingerprint density at radius 2 is 1.58 bits per heavy atom. The van der Waals surface area contributed by atoms with Gasteiger partial charge in [0.25, 0.3) is 5.56 Å². The van der Waals surface area contributed by atoms with E-state index < -0.39 is 0 Å². The number of fused-ring (bicyclic) bond motifs is 1. The van der Waals surface area contributed by atoms with Crippen LogP contribution in [0.5, 0.6) is 5.75 Å². The molecule has 1 aliphatic carbocycles. The number of aromatic hydroxyl groups is 1. The molecule has 4 rings (SSSR count). The van der Waals surface area contributed by atoms with Crippen LogP contribution in [0.25, 0.3) is 0 Å². The molecule has 26 heavy (non-hydrogen) atoms. The van der Waals surface area contributed by atoms with Crippen molar-refractivity contribution in [1.29, 1.82) is 0 Å². The number of hydrogen-bond acceptors (Lipinski definition) is 3. The van der Waals surface area contributed by atoms with Gasteiger partial charge in [-0.25, -0.2) is 0 Å². The van der Waals surface area contributed by atoms with Crippen molar-refractivity contribution in [3.05, 3.63) is 99.0 Å². The van der Waals surface area contributed by atoms with Gasteiger partial charge in [0.15, 0.2) is 5.78 Å². The van der Waals surface area contributed by atoms with Crippen molar-refractivity contribution in [1.82, 2.24) is 4.98 Å². The maximum Gasteiger partial charge on any atom is 0.255 e. The van der Waals surface area contributed by atoms with Gasteiger partial charge in [-0.05, 0) is 23.5 Å². The van der Waals surface area contributed by atoms with Gasteiger partial charge >= 0.3 is 0 Å². The van der Waals surface area contributed by atoms with Crippen molar-refractivity contribution in [2.24, 2.45) is 0 Å². The molecule has 0 radical (unpaired) electrons. The molecule has 0 spiro atoms. The molecular weight excluding hydrogens is 326 g/mol. The lowest BCUT2D eigenvalue weighted by Crippen LogP contribution is -2.26. The minimum absolute atomic E-state index is 0.0197. The number of nitrogens with one attached hydrogen (secondary N) is 1. The Balaban J connectivity index is 1.73. The Bertz CT molecular complexity index is 1010. The van der Waals surface area contributed by atoms with Gasteiger partial charge in [-0.3, -0.25) is 9.59 Å². The summed E-state index contributed by atoms with van der Waals surface area (Å²) in [5.41, 5.74) is 2.73. The molecule has 0 saturated carbocycles. The first-order valence-corrected chi connectivity index (χ1v) is 8.72. The second-order valence-corrected chi connectivity index (χ2v) is 6.74. The number of carbonyl (C=O) groups excluding carboxylic acids is 1. The van der Waals surface area contributed by atoms with Crippen LogP contribution < -0.4 is 5.56 Å². The summed E-state index contributed by atoms with van der Waals surface area (Å²) in [4.78, 5) is 28.1. The van der Waals surface area contributed by atoms with E-state index in [2.05, 4.69) is 4.98 Å². The fourth-order valence-electron chi connectivity index (χ4n) is 3.70. The third kappa shape index (κ3) is 2.94. The normalized spacial score (nSPS) is 16.3. The van der Waals surface area contributed by atoms with E-state index in [1.54, 1.807) is 0 Å². The number of Topliss-reactive ketones (excluding diaryl/α,β-unsaturated/α-hetero) is 1. The Hall–Kier alpha value is -3.14. The van der Waals surface area contributed by atoms with Gasteiger partial charge in [-0.15, -0.1) is 0 Å². The van der Waals surface area contributed by atoms with E-state index in [0.29, 0.717) is 25.0 Å². The highest BCUT2D eigenvalue weighted by atomic mass is 16.3. The Morgan fingerprint density at radius 3 is 2.27 bits per heavy atom. The molecule has 0 aliphatic heterocycles. The van der Waals surface area contributed by atoms with Gasteiger partial charge < -0.3 is 10.1 Å². The van der Waals surface area contributed by atoms with E-state index in [1.807, 2.05) is 60.7 Å². The highest BCUT2D eigenvalue weighted by Crippen LogP contribution is 2.36. The van der Waals surface area contributed by atoms with E-state index in [9.17, 15) is 14.7 Å². The fraction of sp³-hybridized carbons (Fsp3) is 0.182. The highest BCUT2D eigenvalue weighted by Gasteiger charge is 2.31. The molecule has 1 atom stereocenters. The largest absolute Gasteiger partial charge is 0.507 e. The van der Waals surface area contributed by atoms with Gasteiger partial charge in [-0.2, -0.15) is 0 Å². The second-order valence-electron chi connectivity index (χ2n) is 6.74. The summed E-state index contributed by atoms with van der Waals surface area (Å²) in [5, 5.41) is 10.7. The monoisotopic (exact) mass is 345 g/mol. The van der Waals surface area contributed by atoms with Crippen LogP contribution in [0.15, 0.2) is 65.5 Å². The number of rotatable bonds is 3. The van der Waals surface area contributed by atoms with Gasteiger partial charge in [0.2, 0.25) is 0 Å². The number of carbonyl (C=O) groups is 1. The molecule has 0 fully saturated rings. The first kappa shape index (κ1) is 16.3. The summed E-state index contributed by atoms with van der Waals surface area (Å²) in [5.74, 6) is -0.265. The third-order valence-electron chi connectivity index (χ3n) is 5.02. The number of aromatic nitrogens is 1. The second kappa shape index (κ2) is 6.64. The molecule has 4 nitrogen and oxygen atoms in total. The maximum atomic E-state index is 12.7. The number of pyridine rings is 1. The van der Waals surface area contributed by atoms with Crippen LogP contribution in [-0.4, -0.2) is 15.9 Å². The summed E-state index contributed by atoms with van der Waals surface area (Å²) in [6.07, 6.45) is 1.17. The first-order chi connectivity index (χ1) is 12.6. The van der Waals surface area contributed by atoms with Crippen LogP contribution in [0, 0.1) is 0 Å². The molecule has 0 bridgehead atoms. The molecule has 3 aromatic rings. The predicted molar refractivity (Wildman–Crippen MR) is 99.8 cm³/mol. The molecule has 0 amide bonds. The first-order valence-electron chi connectivity index (χ1n) is 8.72. The minimum Gasteiger partial charge on any atom is -0.507 e. The molecular formula is C22H19NO3. The SMILES string of the molecule is O=C1CC(c2ccccc2)Cc2[nH]c(=O)c(Cc3ccccc3)c(O)c21. The molecule has 0 saturated heterocycles. The molecule has 1 aromatic heterocycles. The molecule has 130 valence electrons. The zero-order valence-electron chi connectivity index (χ0n) is 14.2. The average Bonchev–Trinajstić information content (AvgIpc) is 2.66. The summed E-state index contributed by atoms with van der Waals surface area (Å²) in [7, 11) is 0. The van der Waals surface area contributed by atoms with Gasteiger partial charge in [0.1, 0.15) is 5.75 Å². The molecule has 2 aromatic carbocycles. The lowest BCUT2D eigenvalue weighted by molar-refractivity contribution is 0.0960. The smallest absolute Gasteiger partial charge is 0.255 e. The Kier molecular flexibility index (Phi) is 4.17. The maximum absolute atomic E-state index is 12.7. The van der Waals surface area contributed by atoms with Gasteiger partial charge in [-0.1, -0.05) is 60.7 Å². The van der Waals surface area contributed by atoms with E-state index in [-0.39, 0.29) is 34.1 Å². The summed E-state index contributed by atoms with van der Waals surface area (Å²) in [6, 6.07) is 19.3. The van der Waals surface area contributed by atoms with Crippen molar-refractivity contribution in [3.63, 3.8) is 0 Å². The summed E-state index contributed by atoms with van der Waals surface area (Å²) in [6.45, 7) is 0. The number of aromatic amines is 1. The number of ketones is 1. The van der Waals surface area contributed by atoms with Crippen LogP contribution >= 0.6 is 0 Å². The van der Waals surface area contributed by atoms with Crippen molar-refractivity contribution in [2.45, 2.75) is 25.2 Å². The van der Waals surface area contributed by atoms with E-state index >= 15 is 0 Å². The topological polar surface area (TPSA) is 70.2 Å². The third-order valence-corrected chi connectivity index (χ3v) is 5.02. The van der Waals surface area contributed by atoms with Crippen LogP contribution in [0.3, 0.4) is 0 Å². The van der Waals surface area contributed by atoms with Gasteiger partial charge in [0.05, 0.1) is 11.1 Å². The lowest BCUT2D eigenvalue weighted by atomic mass is 9.80. The molecule has 1 aliphatic rings. The van der Waals surface area contributed by atoms with Crippen LogP contribution in [0.4, 0.5) is 0 Å². The highest BCUT2D eigenvalue weighted by molar-refractivity contribution is 6.01. The van der Waals surface area contributed by atoms with Crippen molar-refractivity contribution in [2.75, 3.05) is 0 Å². The standard InChI is InChI=1S/C22H19NO3/c24-19-13-16(15-9-5-2-6-10-15)12-18-20(19)21(25)17(22(26)23-18)11-14-7-3-1-4-8-14/h1-10,16H,11-13H2,(H2,23,25,26).